The zero-order valence-electron chi connectivity index (χ0n) is 20.9. The number of pyridine rings is 1. The third kappa shape index (κ3) is 4.37. The fourth-order valence-corrected chi connectivity index (χ4v) is 5.16. The van der Waals surface area contributed by atoms with E-state index in [0.717, 1.165) is 46.2 Å². The van der Waals surface area contributed by atoms with Crippen LogP contribution in [0.5, 0.6) is 0 Å². The zero-order valence-corrected chi connectivity index (χ0v) is 20.9. The van der Waals surface area contributed by atoms with Gasteiger partial charge in [-0.2, -0.15) is 0 Å². The summed E-state index contributed by atoms with van der Waals surface area (Å²) in [7, 11) is 1.60. The standard InChI is InChI=1S/C29H28F2N4O2/c1-16(2)21-10-20(11-23-25(29(37)32-3)14-34-27(21)23)35-8-4-5-17-9-22(24(28(30)31)12-26(17)35)18-6-7-19(15-36)33-13-18/h6-7,9-16,28,34H,4-5,8H2,1-3H3,(H,32,37). The Morgan fingerprint density at radius 1 is 1.16 bits per heavy atom. The molecule has 2 aromatic heterocycles. The van der Waals surface area contributed by atoms with Crippen LogP contribution in [0.3, 0.4) is 0 Å². The molecule has 190 valence electrons. The van der Waals surface area contributed by atoms with Crippen LogP contribution in [0.4, 0.5) is 20.2 Å². The summed E-state index contributed by atoms with van der Waals surface area (Å²) in [5.41, 5.74) is 6.24. The van der Waals surface area contributed by atoms with Gasteiger partial charge >= 0.3 is 0 Å². The average Bonchev–Trinajstić information content (AvgIpc) is 3.35. The number of hydrogen-bond donors (Lipinski definition) is 2. The second-order valence-electron chi connectivity index (χ2n) is 9.61. The number of benzene rings is 2. The molecule has 2 aromatic carbocycles. The van der Waals surface area contributed by atoms with Gasteiger partial charge in [-0.05, 0) is 65.8 Å². The maximum atomic E-state index is 14.3. The maximum absolute atomic E-state index is 14.3. The summed E-state index contributed by atoms with van der Waals surface area (Å²) < 4.78 is 28.7. The molecule has 0 fully saturated rings. The van der Waals surface area contributed by atoms with Gasteiger partial charge < -0.3 is 15.2 Å². The number of alkyl halides is 2. The Morgan fingerprint density at radius 3 is 2.62 bits per heavy atom. The van der Waals surface area contributed by atoms with Crippen LogP contribution in [0.2, 0.25) is 0 Å². The first kappa shape index (κ1) is 24.6. The second kappa shape index (κ2) is 9.76. The van der Waals surface area contributed by atoms with Crippen molar-refractivity contribution in [2.24, 2.45) is 0 Å². The van der Waals surface area contributed by atoms with E-state index in [1.54, 1.807) is 25.4 Å². The molecule has 0 unspecified atom stereocenters. The number of halogens is 2. The molecule has 1 amide bonds. The van der Waals surface area contributed by atoms with Crippen LogP contribution >= 0.6 is 0 Å². The van der Waals surface area contributed by atoms with Crippen molar-refractivity contribution < 1.29 is 18.4 Å². The first-order chi connectivity index (χ1) is 17.8. The molecule has 6 nitrogen and oxygen atoms in total. The predicted octanol–water partition coefficient (Wildman–Crippen LogP) is 6.55. The highest BCUT2D eigenvalue weighted by molar-refractivity contribution is 6.08. The number of carbonyl (C=O) groups is 2. The maximum Gasteiger partial charge on any atom is 0.264 e. The number of amides is 1. The van der Waals surface area contributed by atoms with E-state index >= 15 is 0 Å². The van der Waals surface area contributed by atoms with Crippen LogP contribution < -0.4 is 10.2 Å². The Kier molecular flexibility index (Phi) is 6.50. The molecule has 0 aliphatic carbocycles. The molecule has 3 heterocycles. The van der Waals surface area contributed by atoms with Gasteiger partial charge in [0.25, 0.3) is 12.3 Å². The molecule has 5 rings (SSSR count). The Morgan fingerprint density at radius 2 is 1.97 bits per heavy atom. The van der Waals surface area contributed by atoms with Crippen molar-refractivity contribution in [3.05, 3.63) is 76.7 Å². The largest absolute Gasteiger partial charge is 0.360 e. The monoisotopic (exact) mass is 502 g/mol. The van der Waals surface area contributed by atoms with Crippen molar-refractivity contribution in [1.29, 1.82) is 0 Å². The summed E-state index contributed by atoms with van der Waals surface area (Å²) >= 11 is 0. The summed E-state index contributed by atoms with van der Waals surface area (Å²) in [5, 5.41) is 3.50. The molecule has 1 aliphatic heterocycles. The van der Waals surface area contributed by atoms with Crippen molar-refractivity contribution >= 4 is 34.5 Å². The number of aldehydes is 1. The van der Waals surface area contributed by atoms with Crippen molar-refractivity contribution in [3.8, 4) is 11.1 Å². The molecule has 1 aliphatic rings. The highest BCUT2D eigenvalue weighted by atomic mass is 19.3. The number of aryl methyl sites for hydroxylation is 1. The quantitative estimate of drug-likeness (QED) is 0.293. The molecular formula is C29H28F2N4O2. The lowest BCUT2D eigenvalue weighted by molar-refractivity contribution is 0.0964. The molecule has 0 saturated carbocycles. The molecular weight excluding hydrogens is 474 g/mol. The number of rotatable bonds is 6. The van der Waals surface area contributed by atoms with E-state index in [1.807, 2.05) is 12.1 Å². The smallest absolute Gasteiger partial charge is 0.264 e. The number of nitrogens with zero attached hydrogens (tertiary/aromatic N) is 2. The normalized spacial score (nSPS) is 13.3. The van der Waals surface area contributed by atoms with Gasteiger partial charge in [0.15, 0.2) is 6.29 Å². The number of H-pyrrole nitrogens is 1. The lowest BCUT2D eigenvalue weighted by Crippen LogP contribution is -2.25. The van der Waals surface area contributed by atoms with Crippen LogP contribution in [0.25, 0.3) is 22.0 Å². The van der Waals surface area contributed by atoms with Gasteiger partial charge in [0.1, 0.15) is 5.69 Å². The lowest BCUT2D eigenvalue weighted by Gasteiger charge is -2.33. The minimum atomic E-state index is -2.69. The molecule has 0 saturated heterocycles. The van der Waals surface area contributed by atoms with Gasteiger partial charge in [-0.15, -0.1) is 0 Å². The minimum Gasteiger partial charge on any atom is -0.360 e. The first-order valence-corrected chi connectivity index (χ1v) is 12.3. The highest BCUT2D eigenvalue weighted by Gasteiger charge is 2.26. The summed E-state index contributed by atoms with van der Waals surface area (Å²) in [6.07, 6.45) is 2.74. The highest BCUT2D eigenvalue weighted by Crippen LogP contribution is 2.43. The number of hydrogen-bond acceptors (Lipinski definition) is 4. The van der Waals surface area contributed by atoms with Crippen LogP contribution in [0.1, 0.15) is 70.1 Å². The fraction of sp³-hybridized carbons (Fsp3) is 0.276. The van der Waals surface area contributed by atoms with E-state index in [4.69, 9.17) is 0 Å². The average molecular weight is 503 g/mol. The van der Waals surface area contributed by atoms with Gasteiger partial charge in [-0.1, -0.05) is 19.9 Å². The van der Waals surface area contributed by atoms with E-state index in [9.17, 15) is 18.4 Å². The lowest BCUT2D eigenvalue weighted by atomic mass is 9.91. The summed E-state index contributed by atoms with van der Waals surface area (Å²) in [6, 6.07) is 10.7. The SMILES string of the molecule is CNC(=O)c1c[nH]c2c(C(C)C)cc(N3CCCc4cc(-c5ccc(C=O)nc5)c(C(F)F)cc43)cc12. The molecule has 4 aromatic rings. The van der Waals surface area contributed by atoms with Crippen molar-refractivity contribution in [3.63, 3.8) is 0 Å². The zero-order chi connectivity index (χ0) is 26.3. The van der Waals surface area contributed by atoms with Gasteiger partial charge in [-0.25, -0.2) is 8.78 Å². The van der Waals surface area contributed by atoms with Crippen LogP contribution in [-0.4, -0.2) is 35.8 Å². The van der Waals surface area contributed by atoms with E-state index in [1.165, 1.54) is 12.3 Å². The van der Waals surface area contributed by atoms with Crippen molar-refractivity contribution in [2.75, 3.05) is 18.5 Å². The molecule has 0 spiro atoms. The Labute approximate surface area is 213 Å². The van der Waals surface area contributed by atoms with Gasteiger partial charge in [0, 0.05) is 59.4 Å². The number of aromatic amines is 1. The summed E-state index contributed by atoms with van der Waals surface area (Å²) in [5.74, 6) is -0.000256. The molecule has 37 heavy (non-hydrogen) atoms. The molecule has 2 N–H and O–H groups in total. The third-order valence-electron chi connectivity index (χ3n) is 7.03. The number of nitrogens with one attached hydrogen (secondary N) is 2. The van der Waals surface area contributed by atoms with Crippen LogP contribution in [0.15, 0.2) is 48.8 Å². The third-order valence-corrected chi connectivity index (χ3v) is 7.03. The number of fused-ring (bicyclic) bond motifs is 2. The number of anilines is 2. The Balaban J connectivity index is 1.67. The van der Waals surface area contributed by atoms with E-state index < -0.39 is 6.43 Å². The van der Waals surface area contributed by atoms with Crippen molar-refractivity contribution in [1.82, 2.24) is 15.3 Å². The van der Waals surface area contributed by atoms with Crippen LogP contribution in [-0.2, 0) is 6.42 Å². The van der Waals surface area contributed by atoms with E-state index in [0.29, 0.717) is 29.5 Å². The van der Waals surface area contributed by atoms with Crippen molar-refractivity contribution in [2.45, 2.75) is 39.0 Å². The van der Waals surface area contributed by atoms with E-state index in [-0.39, 0.29) is 23.1 Å². The topological polar surface area (TPSA) is 78.1 Å². The van der Waals surface area contributed by atoms with Gasteiger partial charge in [0.2, 0.25) is 0 Å². The van der Waals surface area contributed by atoms with Gasteiger partial charge in [0.05, 0.1) is 5.56 Å². The minimum absolute atomic E-state index is 0.0795. The summed E-state index contributed by atoms with van der Waals surface area (Å²) in [6.45, 7) is 4.86. The van der Waals surface area contributed by atoms with Crippen LogP contribution in [0, 0.1) is 0 Å². The van der Waals surface area contributed by atoms with Gasteiger partial charge in [-0.3, -0.25) is 14.6 Å². The second-order valence-corrected chi connectivity index (χ2v) is 9.61. The summed E-state index contributed by atoms with van der Waals surface area (Å²) in [4.78, 5) is 32.9. The molecule has 0 atom stereocenters. The predicted molar refractivity (Wildman–Crippen MR) is 141 cm³/mol. The van der Waals surface area contributed by atoms with E-state index in [2.05, 4.69) is 40.1 Å². The molecule has 0 radical (unpaired) electrons. The Hall–Kier alpha value is -4.07. The first-order valence-electron chi connectivity index (χ1n) is 12.3. The number of aromatic nitrogens is 2. The number of carbonyl (C=O) groups excluding carboxylic acids is 2. The molecule has 0 bridgehead atoms. The molecule has 8 heteroatoms. The Bertz CT molecular complexity index is 1490. The fourth-order valence-electron chi connectivity index (χ4n) is 5.16.